The van der Waals surface area contributed by atoms with E-state index >= 15 is 0 Å². The lowest BCUT2D eigenvalue weighted by molar-refractivity contribution is -0.148. The van der Waals surface area contributed by atoms with E-state index in [1.807, 2.05) is 0 Å². The van der Waals surface area contributed by atoms with Crippen LogP contribution in [0.25, 0.3) is 0 Å². The molecular formula is C16H13F3N2O5S. The van der Waals surface area contributed by atoms with Gasteiger partial charge in [-0.3, -0.25) is 14.5 Å². The van der Waals surface area contributed by atoms with Crippen LogP contribution in [0.4, 0.5) is 13.2 Å². The summed E-state index contributed by atoms with van der Waals surface area (Å²) in [5.41, 5.74) is -1.06. The second kappa shape index (κ2) is 6.89. The lowest BCUT2D eigenvalue weighted by atomic mass is 10.0. The van der Waals surface area contributed by atoms with E-state index < -0.39 is 47.5 Å². The Kier molecular flexibility index (Phi) is 4.91. The summed E-state index contributed by atoms with van der Waals surface area (Å²) in [6, 6.07) is 2.52. The van der Waals surface area contributed by atoms with E-state index in [2.05, 4.69) is 5.32 Å². The molecule has 0 saturated carbocycles. The molecule has 3 N–H and O–H groups in total. The number of carbonyl (C=O) groups is 3. The van der Waals surface area contributed by atoms with Crippen LogP contribution in [0.3, 0.4) is 0 Å². The van der Waals surface area contributed by atoms with Crippen LogP contribution in [0.2, 0.25) is 0 Å². The maximum Gasteiger partial charge on any atom is 0.416 e. The molecule has 0 aromatic heterocycles. The molecule has 0 aliphatic carbocycles. The van der Waals surface area contributed by atoms with Crippen LogP contribution in [0, 0.1) is 0 Å². The number of β-lactam (4-membered cyclic amide) rings is 1. The second-order valence-electron chi connectivity index (χ2n) is 5.85. The Labute approximate surface area is 154 Å². The molecule has 144 valence electrons. The lowest BCUT2D eigenvalue weighted by Crippen LogP contribution is -2.70. The summed E-state index contributed by atoms with van der Waals surface area (Å²) in [7, 11) is 0. The fourth-order valence-corrected chi connectivity index (χ4v) is 4.18. The zero-order valence-corrected chi connectivity index (χ0v) is 14.3. The highest BCUT2D eigenvalue weighted by Gasteiger charge is 2.54. The van der Waals surface area contributed by atoms with Crippen molar-refractivity contribution in [3.63, 3.8) is 0 Å². The predicted molar refractivity (Wildman–Crippen MR) is 87.5 cm³/mol. The Morgan fingerprint density at radius 1 is 1.26 bits per heavy atom. The van der Waals surface area contributed by atoms with E-state index in [-0.39, 0.29) is 22.6 Å². The number of nitrogens with one attached hydrogen (secondary N) is 1. The van der Waals surface area contributed by atoms with Crippen molar-refractivity contribution in [1.82, 2.24) is 10.2 Å². The number of thioether (sulfide) groups is 1. The van der Waals surface area contributed by atoms with Crippen LogP contribution in [-0.2, 0) is 15.8 Å². The first-order valence-electron chi connectivity index (χ1n) is 7.64. The number of aliphatic carboxylic acids is 1. The van der Waals surface area contributed by atoms with Gasteiger partial charge in [0.05, 0.1) is 12.2 Å². The molecule has 1 aromatic carbocycles. The minimum atomic E-state index is -4.53. The molecular weight excluding hydrogens is 389 g/mol. The standard InChI is InChI=1S/C16H13F3N2O5S/c17-16(18,19)9-3-1-7(2-4-9)12(23)20-10-13(24)21-11(15(25)26)8(5-22)6-27-14(10)21/h1-4,10,14,22H,5-6H2,(H,20,23)(H,25,26)/t10?,14-/m1/s1. The van der Waals surface area contributed by atoms with Gasteiger partial charge in [-0.05, 0) is 29.8 Å². The van der Waals surface area contributed by atoms with Gasteiger partial charge in [-0.25, -0.2) is 4.79 Å². The molecule has 7 nitrogen and oxygen atoms in total. The minimum Gasteiger partial charge on any atom is -0.477 e. The van der Waals surface area contributed by atoms with Crippen molar-refractivity contribution in [2.75, 3.05) is 12.4 Å². The smallest absolute Gasteiger partial charge is 0.416 e. The quantitative estimate of drug-likeness (QED) is 0.650. The van der Waals surface area contributed by atoms with Crippen LogP contribution in [0.15, 0.2) is 35.5 Å². The van der Waals surface area contributed by atoms with Crippen molar-refractivity contribution in [3.05, 3.63) is 46.7 Å². The average Bonchev–Trinajstić information content (AvgIpc) is 2.63. The number of hydrogen-bond donors (Lipinski definition) is 3. The summed E-state index contributed by atoms with van der Waals surface area (Å²) < 4.78 is 37.7. The van der Waals surface area contributed by atoms with Crippen LogP contribution in [0.5, 0.6) is 0 Å². The molecule has 11 heteroatoms. The number of nitrogens with zero attached hydrogens (tertiary/aromatic N) is 1. The van der Waals surface area contributed by atoms with Gasteiger partial charge in [0, 0.05) is 11.3 Å². The number of aliphatic hydroxyl groups excluding tert-OH is 1. The zero-order chi connectivity index (χ0) is 19.9. The first kappa shape index (κ1) is 19.2. The number of halogens is 3. The Balaban J connectivity index is 1.73. The van der Waals surface area contributed by atoms with Gasteiger partial charge in [-0.2, -0.15) is 13.2 Å². The minimum absolute atomic E-state index is 0.0555. The van der Waals surface area contributed by atoms with Crippen LogP contribution >= 0.6 is 11.8 Å². The third-order valence-corrected chi connectivity index (χ3v) is 5.54. The molecule has 0 radical (unpaired) electrons. The molecule has 1 unspecified atom stereocenters. The van der Waals surface area contributed by atoms with E-state index in [1.54, 1.807) is 0 Å². The predicted octanol–water partition coefficient (Wildman–Crippen LogP) is 1.05. The summed E-state index contributed by atoms with van der Waals surface area (Å²) in [5, 5.41) is 20.3. The van der Waals surface area contributed by atoms with E-state index in [0.29, 0.717) is 0 Å². The molecule has 0 spiro atoms. The van der Waals surface area contributed by atoms with Gasteiger partial charge in [0.1, 0.15) is 17.1 Å². The number of alkyl halides is 3. The summed E-state index contributed by atoms with van der Waals surface area (Å²) in [4.78, 5) is 36.9. The van der Waals surface area contributed by atoms with Crippen molar-refractivity contribution in [2.45, 2.75) is 17.6 Å². The molecule has 0 bridgehead atoms. The van der Waals surface area contributed by atoms with Gasteiger partial charge in [0.15, 0.2) is 0 Å². The van der Waals surface area contributed by atoms with Crippen molar-refractivity contribution in [2.24, 2.45) is 0 Å². The van der Waals surface area contributed by atoms with E-state index in [4.69, 9.17) is 0 Å². The van der Waals surface area contributed by atoms with Gasteiger partial charge in [0.2, 0.25) is 0 Å². The topological polar surface area (TPSA) is 107 Å². The molecule has 2 aliphatic heterocycles. The van der Waals surface area contributed by atoms with Gasteiger partial charge in [-0.15, -0.1) is 11.8 Å². The number of amides is 2. The number of carboxylic acids is 1. The lowest BCUT2D eigenvalue weighted by Gasteiger charge is -2.49. The molecule has 1 saturated heterocycles. The number of fused-ring (bicyclic) bond motifs is 1. The fraction of sp³-hybridized carbons (Fsp3) is 0.312. The van der Waals surface area contributed by atoms with Crippen LogP contribution < -0.4 is 5.32 Å². The molecule has 2 heterocycles. The Bertz CT molecular complexity index is 837. The number of carboxylic acid groups (broad SMARTS) is 1. The van der Waals surface area contributed by atoms with Crippen molar-refractivity contribution < 1.29 is 37.8 Å². The maximum atomic E-state index is 12.6. The fourth-order valence-electron chi connectivity index (χ4n) is 2.84. The first-order chi connectivity index (χ1) is 12.6. The highest BCUT2D eigenvalue weighted by Crippen LogP contribution is 2.40. The second-order valence-corrected chi connectivity index (χ2v) is 6.96. The number of aliphatic hydroxyl groups is 1. The zero-order valence-electron chi connectivity index (χ0n) is 13.5. The number of benzene rings is 1. The van der Waals surface area contributed by atoms with Gasteiger partial charge in [0.25, 0.3) is 11.8 Å². The summed E-state index contributed by atoms with van der Waals surface area (Å²) >= 11 is 1.18. The molecule has 1 aromatic rings. The van der Waals surface area contributed by atoms with E-state index in [1.165, 1.54) is 11.8 Å². The highest BCUT2D eigenvalue weighted by atomic mass is 32.2. The van der Waals surface area contributed by atoms with Gasteiger partial charge < -0.3 is 15.5 Å². The molecule has 2 atom stereocenters. The van der Waals surface area contributed by atoms with Gasteiger partial charge in [-0.1, -0.05) is 0 Å². The first-order valence-corrected chi connectivity index (χ1v) is 8.69. The monoisotopic (exact) mass is 402 g/mol. The summed E-state index contributed by atoms with van der Waals surface area (Å²) in [5.74, 6) is -2.57. The Morgan fingerprint density at radius 2 is 1.89 bits per heavy atom. The van der Waals surface area contributed by atoms with Crippen LogP contribution in [0.1, 0.15) is 15.9 Å². The molecule has 1 fully saturated rings. The third-order valence-electron chi connectivity index (χ3n) is 4.20. The Hall–Kier alpha value is -2.53. The maximum absolute atomic E-state index is 12.6. The third kappa shape index (κ3) is 3.39. The normalized spacial score (nSPS) is 22.2. The largest absolute Gasteiger partial charge is 0.477 e. The summed E-state index contributed by atoms with van der Waals surface area (Å²) in [6.45, 7) is -0.506. The number of rotatable bonds is 4. The van der Waals surface area contributed by atoms with E-state index in [0.717, 1.165) is 29.2 Å². The molecule has 2 aliphatic rings. The molecule has 3 rings (SSSR count). The van der Waals surface area contributed by atoms with Crippen molar-refractivity contribution >= 4 is 29.5 Å². The van der Waals surface area contributed by atoms with Crippen molar-refractivity contribution in [3.8, 4) is 0 Å². The summed E-state index contributed by atoms with van der Waals surface area (Å²) in [6.07, 6.45) is -4.53. The molecule has 2 amide bonds. The number of hydrogen-bond acceptors (Lipinski definition) is 5. The van der Waals surface area contributed by atoms with Gasteiger partial charge >= 0.3 is 12.1 Å². The SMILES string of the molecule is O=C(O)C1=C(CO)CS[C@@H]2C(NC(=O)c3ccc(C(F)(F)F)cc3)C(=O)N12. The average molecular weight is 402 g/mol. The van der Waals surface area contributed by atoms with E-state index in [9.17, 15) is 37.8 Å². The Morgan fingerprint density at radius 3 is 2.41 bits per heavy atom. The molecule has 27 heavy (non-hydrogen) atoms. The highest BCUT2D eigenvalue weighted by molar-refractivity contribution is 8.00. The van der Waals surface area contributed by atoms with Crippen molar-refractivity contribution in [1.29, 1.82) is 0 Å². The number of carbonyl (C=O) groups excluding carboxylic acids is 2. The van der Waals surface area contributed by atoms with Crippen LogP contribution in [-0.4, -0.2) is 56.7 Å².